The van der Waals surface area contributed by atoms with E-state index in [0.717, 1.165) is 25.7 Å². The highest BCUT2D eigenvalue weighted by Crippen LogP contribution is 2.31. The van der Waals surface area contributed by atoms with Crippen LogP contribution in [0, 0.1) is 10.8 Å². The molecule has 4 nitrogen and oxygen atoms in total. The van der Waals surface area contributed by atoms with Crippen LogP contribution >= 0.6 is 27.5 Å². The van der Waals surface area contributed by atoms with E-state index in [0.29, 0.717) is 11.4 Å². The lowest BCUT2D eigenvalue weighted by molar-refractivity contribution is 0.172. The molecular weight excluding hydrogens is 330 g/mol. The largest absolute Gasteiger partial charge is 0.394 e. The van der Waals surface area contributed by atoms with Gasteiger partial charge < -0.3 is 10.4 Å². The molecule has 1 heterocycles. The van der Waals surface area contributed by atoms with E-state index in [2.05, 4.69) is 42.0 Å². The molecule has 1 aliphatic carbocycles. The summed E-state index contributed by atoms with van der Waals surface area (Å²) in [6.07, 6.45) is 6.85. The Kier molecular flexibility index (Phi) is 5.03. The Balaban J connectivity index is 2.29. The second-order valence-electron chi connectivity index (χ2n) is 4.74. The van der Waals surface area contributed by atoms with Gasteiger partial charge in [0.05, 0.1) is 17.7 Å². The van der Waals surface area contributed by atoms with Gasteiger partial charge in [-0.25, -0.2) is 4.98 Å². The number of aromatic nitrogens is 2. The minimum atomic E-state index is -0.321. The molecule has 0 radical (unpaired) electrons. The van der Waals surface area contributed by atoms with Crippen molar-refractivity contribution in [2.75, 3.05) is 11.9 Å². The molecule has 2 rings (SSSR count). The van der Waals surface area contributed by atoms with Gasteiger partial charge in [0.25, 0.3) is 0 Å². The van der Waals surface area contributed by atoms with E-state index >= 15 is 0 Å². The minimum absolute atomic E-state index is 0.0792. The molecule has 0 unspecified atom stereocenters. The summed E-state index contributed by atoms with van der Waals surface area (Å²) in [7, 11) is 0. The second kappa shape index (κ2) is 6.56. The molecule has 1 saturated carbocycles. The molecule has 1 aromatic rings. The molecule has 0 aliphatic heterocycles. The maximum Gasteiger partial charge on any atom is 0.224 e. The third-order valence-electron chi connectivity index (χ3n) is 3.44. The molecule has 19 heavy (non-hydrogen) atoms. The molecule has 0 saturated heterocycles. The van der Waals surface area contributed by atoms with Crippen LogP contribution in [-0.2, 0) is 0 Å². The number of aliphatic hydroxyl groups excluding tert-OH is 1. The molecule has 6 heteroatoms. The molecule has 1 fully saturated rings. The van der Waals surface area contributed by atoms with Crippen molar-refractivity contribution in [2.45, 2.75) is 37.6 Å². The topological polar surface area (TPSA) is 58.0 Å². The van der Waals surface area contributed by atoms with Gasteiger partial charge in [-0.15, -0.1) is 0 Å². The standard InChI is InChI=1S/C13H15BrClN3O/c14-7-4-10-8-16-12(15)17-11(10)18-13(9-19)5-2-1-3-6-13/h8,19H,1-3,5-6,9H2,(H,16,17,18). The zero-order chi connectivity index (χ0) is 13.7. The highest BCUT2D eigenvalue weighted by atomic mass is 79.9. The van der Waals surface area contributed by atoms with Crippen molar-refractivity contribution in [3.8, 4) is 10.8 Å². The van der Waals surface area contributed by atoms with Crippen LogP contribution in [0.1, 0.15) is 37.7 Å². The average molecular weight is 345 g/mol. The average Bonchev–Trinajstić information content (AvgIpc) is 2.43. The predicted octanol–water partition coefficient (Wildman–Crippen LogP) is 2.94. The third kappa shape index (κ3) is 3.59. The number of hydrogen-bond donors (Lipinski definition) is 2. The summed E-state index contributed by atoms with van der Waals surface area (Å²) in [5.74, 6) is 3.46. The molecule has 0 aromatic carbocycles. The summed E-state index contributed by atoms with van der Waals surface area (Å²) in [4.78, 5) is 10.8. The quantitative estimate of drug-likeness (QED) is 0.654. The van der Waals surface area contributed by atoms with Crippen molar-refractivity contribution in [2.24, 2.45) is 0 Å². The lowest BCUT2D eigenvalue weighted by atomic mass is 9.82. The van der Waals surface area contributed by atoms with Crippen LogP contribution in [-0.4, -0.2) is 27.2 Å². The maximum absolute atomic E-state index is 9.71. The summed E-state index contributed by atoms with van der Waals surface area (Å²) in [5, 5.41) is 13.2. The fourth-order valence-corrected chi connectivity index (χ4v) is 2.75. The molecule has 0 spiro atoms. The van der Waals surface area contributed by atoms with Gasteiger partial charge in [0, 0.05) is 22.1 Å². The van der Waals surface area contributed by atoms with E-state index in [9.17, 15) is 5.11 Å². The number of aliphatic hydroxyl groups is 1. The maximum atomic E-state index is 9.71. The molecule has 1 aliphatic rings. The first-order valence-corrected chi connectivity index (χ1v) is 7.39. The normalized spacial score (nSPS) is 17.4. The van der Waals surface area contributed by atoms with Crippen molar-refractivity contribution in [3.63, 3.8) is 0 Å². The lowest BCUT2D eigenvalue weighted by Gasteiger charge is -2.37. The zero-order valence-corrected chi connectivity index (χ0v) is 12.8. The van der Waals surface area contributed by atoms with Crippen molar-refractivity contribution >= 4 is 33.3 Å². The van der Waals surface area contributed by atoms with Crippen LogP contribution < -0.4 is 5.32 Å². The first-order chi connectivity index (χ1) is 9.19. The van der Waals surface area contributed by atoms with Gasteiger partial charge >= 0.3 is 0 Å². The Morgan fingerprint density at radius 1 is 1.42 bits per heavy atom. The molecular formula is C13H15BrClN3O. The highest BCUT2D eigenvalue weighted by Gasteiger charge is 2.32. The minimum Gasteiger partial charge on any atom is -0.394 e. The summed E-state index contributed by atoms with van der Waals surface area (Å²) < 4.78 is 0. The van der Waals surface area contributed by atoms with Crippen LogP contribution in [0.5, 0.6) is 0 Å². The van der Waals surface area contributed by atoms with Gasteiger partial charge in [-0.3, -0.25) is 0 Å². The number of anilines is 1. The summed E-state index contributed by atoms with van der Waals surface area (Å²) in [6.45, 7) is 0.0792. The van der Waals surface area contributed by atoms with Crippen molar-refractivity contribution < 1.29 is 5.11 Å². The van der Waals surface area contributed by atoms with Gasteiger partial charge in [-0.05, 0) is 35.2 Å². The van der Waals surface area contributed by atoms with E-state index in [1.165, 1.54) is 6.42 Å². The molecule has 1 aromatic heterocycles. The van der Waals surface area contributed by atoms with E-state index in [1.54, 1.807) is 6.20 Å². The van der Waals surface area contributed by atoms with Crippen molar-refractivity contribution in [1.29, 1.82) is 0 Å². The Bertz CT molecular complexity index is 506. The Morgan fingerprint density at radius 2 is 2.16 bits per heavy atom. The molecule has 0 atom stereocenters. The Labute approximate surface area is 126 Å². The van der Waals surface area contributed by atoms with Crippen LogP contribution in [0.25, 0.3) is 0 Å². The van der Waals surface area contributed by atoms with Crippen LogP contribution in [0.3, 0.4) is 0 Å². The number of nitrogens with zero attached hydrogens (tertiary/aromatic N) is 2. The second-order valence-corrected chi connectivity index (χ2v) is 5.48. The number of rotatable bonds is 3. The van der Waals surface area contributed by atoms with Crippen LogP contribution in [0.4, 0.5) is 5.82 Å². The zero-order valence-electron chi connectivity index (χ0n) is 10.4. The van der Waals surface area contributed by atoms with Gasteiger partial charge in [-0.1, -0.05) is 19.3 Å². The summed E-state index contributed by atoms with van der Waals surface area (Å²) in [5.41, 5.74) is 0.346. The van der Waals surface area contributed by atoms with Crippen molar-refractivity contribution in [1.82, 2.24) is 9.97 Å². The first-order valence-electron chi connectivity index (χ1n) is 6.22. The van der Waals surface area contributed by atoms with E-state index in [-0.39, 0.29) is 17.4 Å². The highest BCUT2D eigenvalue weighted by molar-refractivity contribution is 9.12. The van der Waals surface area contributed by atoms with Gasteiger partial charge in [0.15, 0.2) is 0 Å². The summed E-state index contributed by atoms with van der Waals surface area (Å²) >= 11 is 8.91. The van der Waals surface area contributed by atoms with Gasteiger partial charge in [-0.2, -0.15) is 4.98 Å². The Morgan fingerprint density at radius 3 is 2.79 bits per heavy atom. The van der Waals surface area contributed by atoms with Crippen molar-refractivity contribution in [3.05, 3.63) is 17.0 Å². The van der Waals surface area contributed by atoms with E-state index in [1.807, 2.05) is 0 Å². The molecule has 0 bridgehead atoms. The number of hydrogen-bond acceptors (Lipinski definition) is 4. The fraction of sp³-hybridized carbons (Fsp3) is 0.538. The predicted molar refractivity (Wildman–Crippen MR) is 79.4 cm³/mol. The monoisotopic (exact) mass is 343 g/mol. The lowest BCUT2D eigenvalue weighted by Crippen LogP contribution is -2.44. The van der Waals surface area contributed by atoms with Gasteiger partial charge in [0.2, 0.25) is 5.28 Å². The van der Waals surface area contributed by atoms with E-state index < -0.39 is 0 Å². The molecule has 0 amide bonds. The Hall–Kier alpha value is -0.830. The molecule has 2 N–H and O–H groups in total. The smallest absolute Gasteiger partial charge is 0.224 e. The molecule has 102 valence electrons. The van der Waals surface area contributed by atoms with Gasteiger partial charge in [0.1, 0.15) is 5.82 Å². The van der Waals surface area contributed by atoms with Crippen LogP contribution in [0.2, 0.25) is 5.28 Å². The summed E-state index contributed by atoms with van der Waals surface area (Å²) in [6, 6.07) is 0. The number of nitrogens with one attached hydrogen (secondary N) is 1. The first kappa shape index (κ1) is 14.6. The number of halogens is 2. The third-order valence-corrected chi connectivity index (χ3v) is 3.82. The van der Waals surface area contributed by atoms with Crippen LogP contribution in [0.15, 0.2) is 6.20 Å². The fourth-order valence-electron chi connectivity index (χ4n) is 2.40. The SMILES string of the molecule is OCC1(Nc2nc(Cl)ncc2C#CBr)CCCCC1. The van der Waals surface area contributed by atoms with E-state index in [4.69, 9.17) is 11.6 Å².